The third-order valence-corrected chi connectivity index (χ3v) is 4.13. The van der Waals surface area contributed by atoms with Gasteiger partial charge >= 0.3 is 0 Å². The normalized spacial score (nSPS) is 11.1. The highest BCUT2D eigenvalue weighted by Crippen LogP contribution is 2.08. The summed E-state index contributed by atoms with van der Waals surface area (Å²) in [4.78, 5) is 0. The molecule has 0 aromatic heterocycles. The van der Waals surface area contributed by atoms with Crippen LogP contribution in [0.5, 0.6) is 0 Å². The first kappa shape index (κ1) is 19.4. The van der Waals surface area contributed by atoms with E-state index >= 15 is 0 Å². The van der Waals surface area contributed by atoms with Crippen molar-refractivity contribution in [3.05, 3.63) is 0 Å². The molecule has 116 valence electrons. The second-order valence-corrected chi connectivity index (χ2v) is 6.34. The van der Waals surface area contributed by atoms with Crippen molar-refractivity contribution in [2.75, 3.05) is 18.5 Å². The van der Waals surface area contributed by atoms with Crippen LogP contribution in [-0.2, 0) is 4.74 Å². The molecule has 0 aliphatic heterocycles. The van der Waals surface area contributed by atoms with Crippen molar-refractivity contribution in [3.8, 4) is 0 Å². The molecule has 1 nitrogen and oxygen atoms in total. The van der Waals surface area contributed by atoms with Crippen molar-refractivity contribution in [1.29, 1.82) is 0 Å². The molecular formula is C17H35BrO. The monoisotopic (exact) mass is 334 g/mol. The molecule has 0 aliphatic rings. The SMILES string of the molecule is CCCCCCCCOCCCCCCCCCBr. The summed E-state index contributed by atoms with van der Waals surface area (Å²) < 4.78 is 5.68. The average molecular weight is 335 g/mol. The summed E-state index contributed by atoms with van der Waals surface area (Å²) in [5.74, 6) is 0. The van der Waals surface area contributed by atoms with Crippen LogP contribution in [0.1, 0.15) is 90.4 Å². The second-order valence-electron chi connectivity index (χ2n) is 5.54. The van der Waals surface area contributed by atoms with Gasteiger partial charge in [0, 0.05) is 18.5 Å². The number of rotatable bonds is 16. The number of hydrogen-bond donors (Lipinski definition) is 0. The summed E-state index contributed by atoms with van der Waals surface area (Å²) in [7, 11) is 0. The van der Waals surface area contributed by atoms with E-state index in [1.807, 2.05) is 0 Å². The van der Waals surface area contributed by atoms with Crippen molar-refractivity contribution in [2.45, 2.75) is 90.4 Å². The lowest BCUT2D eigenvalue weighted by atomic mass is 10.1. The Bertz CT molecular complexity index is 134. The van der Waals surface area contributed by atoms with E-state index in [0.29, 0.717) is 0 Å². The minimum atomic E-state index is 0.982. The Balaban J connectivity index is 2.88. The van der Waals surface area contributed by atoms with E-state index in [-0.39, 0.29) is 0 Å². The fourth-order valence-corrected chi connectivity index (χ4v) is 2.67. The Morgan fingerprint density at radius 3 is 1.47 bits per heavy atom. The van der Waals surface area contributed by atoms with Gasteiger partial charge in [0.15, 0.2) is 0 Å². The smallest absolute Gasteiger partial charge is 0.0466 e. The molecule has 0 fully saturated rings. The molecule has 0 aromatic carbocycles. The minimum Gasteiger partial charge on any atom is -0.381 e. The Morgan fingerprint density at radius 2 is 1.00 bits per heavy atom. The summed E-state index contributed by atoms with van der Waals surface area (Å²) in [6.45, 7) is 4.23. The molecule has 0 radical (unpaired) electrons. The second kappa shape index (κ2) is 18.4. The summed E-state index contributed by atoms with van der Waals surface area (Å²) in [5, 5.41) is 1.17. The molecule has 0 amide bonds. The zero-order valence-electron chi connectivity index (χ0n) is 13.1. The first-order chi connectivity index (χ1) is 9.41. The zero-order valence-corrected chi connectivity index (χ0v) is 14.7. The van der Waals surface area contributed by atoms with Gasteiger partial charge in [0.2, 0.25) is 0 Å². The summed E-state index contributed by atoms with van der Waals surface area (Å²) in [6.07, 6.45) is 17.7. The number of ether oxygens (including phenoxy) is 1. The van der Waals surface area contributed by atoms with Gasteiger partial charge in [-0.1, -0.05) is 87.1 Å². The Hall–Kier alpha value is 0.440. The molecule has 0 bridgehead atoms. The van der Waals surface area contributed by atoms with E-state index in [4.69, 9.17) is 4.74 Å². The van der Waals surface area contributed by atoms with Crippen LogP contribution < -0.4 is 0 Å². The quantitative estimate of drug-likeness (QED) is 0.231. The first-order valence-corrected chi connectivity index (χ1v) is 9.67. The Morgan fingerprint density at radius 1 is 0.579 bits per heavy atom. The molecule has 0 heterocycles. The molecule has 19 heavy (non-hydrogen) atoms. The predicted octanol–water partition coefficient (Wildman–Crippen LogP) is 6.49. The molecule has 0 rings (SSSR count). The third-order valence-electron chi connectivity index (χ3n) is 3.56. The van der Waals surface area contributed by atoms with Crippen LogP contribution in [0.4, 0.5) is 0 Å². The van der Waals surface area contributed by atoms with E-state index in [0.717, 1.165) is 13.2 Å². The maximum Gasteiger partial charge on any atom is 0.0466 e. The Kier molecular flexibility index (Phi) is 18.9. The topological polar surface area (TPSA) is 9.23 Å². The van der Waals surface area contributed by atoms with Crippen molar-refractivity contribution in [1.82, 2.24) is 0 Å². The van der Waals surface area contributed by atoms with Gasteiger partial charge in [-0.3, -0.25) is 0 Å². The molecular weight excluding hydrogens is 300 g/mol. The van der Waals surface area contributed by atoms with Gasteiger partial charge < -0.3 is 4.74 Å². The molecule has 0 N–H and O–H groups in total. The van der Waals surface area contributed by atoms with E-state index in [2.05, 4.69) is 22.9 Å². The highest BCUT2D eigenvalue weighted by atomic mass is 79.9. The van der Waals surface area contributed by atoms with Crippen LogP contribution >= 0.6 is 15.9 Å². The standard InChI is InChI=1S/C17H35BrO/c1-2-3-4-5-10-13-16-19-17-14-11-8-6-7-9-12-15-18/h2-17H2,1H3. The predicted molar refractivity (Wildman–Crippen MR) is 90.3 cm³/mol. The number of hydrogen-bond acceptors (Lipinski definition) is 1. The summed E-state index contributed by atoms with van der Waals surface area (Å²) in [5.41, 5.74) is 0. The lowest BCUT2D eigenvalue weighted by Gasteiger charge is -2.04. The van der Waals surface area contributed by atoms with Crippen LogP contribution in [0.2, 0.25) is 0 Å². The van der Waals surface area contributed by atoms with Crippen LogP contribution in [0.25, 0.3) is 0 Å². The van der Waals surface area contributed by atoms with Gasteiger partial charge in [-0.15, -0.1) is 0 Å². The maximum atomic E-state index is 5.68. The zero-order chi connectivity index (χ0) is 14.0. The molecule has 0 atom stereocenters. The van der Waals surface area contributed by atoms with Gasteiger partial charge in [-0.2, -0.15) is 0 Å². The fourth-order valence-electron chi connectivity index (χ4n) is 2.27. The maximum absolute atomic E-state index is 5.68. The number of alkyl halides is 1. The third kappa shape index (κ3) is 18.4. The number of unbranched alkanes of at least 4 members (excludes halogenated alkanes) is 11. The molecule has 0 spiro atoms. The highest BCUT2D eigenvalue weighted by Gasteiger charge is 1.93. The minimum absolute atomic E-state index is 0.982. The fraction of sp³-hybridized carbons (Fsp3) is 1.00. The van der Waals surface area contributed by atoms with E-state index in [1.54, 1.807) is 0 Å². The van der Waals surface area contributed by atoms with Crippen LogP contribution in [0.15, 0.2) is 0 Å². The van der Waals surface area contributed by atoms with Gasteiger partial charge in [-0.05, 0) is 19.3 Å². The van der Waals surface area contributed by atoms with Gasteiger partial charge in [-0.25, -0.2) is 0 Å². The van der Waals surface area contributed by atoms with Gasteiger partial charge in [0.1, 0.15) is 0 Å². The van der Waals surface area contributed by atoms with Crippen LogP contribution in [-0.4, -0.2) is 18.5 Å². The van der Waals surface area contributed by atoms with E-state index < -0.39 is 0 Å². The van der Waals surface area contributed by atoms with Crippen molar-refractivity contribution >= 4 is 15.9 Å². The summed E-state index contributed by atoms with van der Waals surface area (Å²) >= 11 is 3.47. The van der Waals surface area contributed by atoms with E-state index in [9.17, 15) is 0 Å². The van der Waals surface area contributed by atoms with Crippen molar-refractivity contribution in [3.63, 3.8) is 0 Å². The molecule has 0 saturated carbocycles. The van der Waals surface area contributed by atoms with Crippen molar-refractivity contribution < 1.29 is 4.74 Å². The molecule has 0 unspecified atom stereocenters. The number of halogens is 1. The molecule has 2 heteroatoms. The Labute approximate surface area is 130 Å². The largest absolute Gasteiger partial charge is 0.381 e. The van der Waals surface area contributed by atoms with E-state index in [1.165, 1.54) is 88.8 Å². The van der Waals surface area contributed by atoms with Gasteiger partial charge in [0.05, 0.1) is 0 Å². The molecule has 0 aliphatic carbocycles. The first-order valence-electron chi connectivity index (χ1n) is 8.55. The molecule has 0 saturated heterocycles. The van der Waals surface area contributed by atoms with Crippen molar-refractivity contribution in [2.24, 2.45) is 0 Å². The van der Waals surface area contributed by atoms with Crippen LogP contribution in [0.3, 0.4) is 0 Å². The average Bonchev–Trinajstić information content (AvgIpc) is 2.43. The van der Waals surface area contributed by atoms with Crippen LogP contribution in [0, 0.1) is 0 Å². The lowest BCUT2D eigenvalue weighted by molar-refractivity contribution is 0.125. The molecule has 0 aromatic rings. The van der Waals surface area contributed by atoms with Gasteiger partial charge in [0.25, 0.3) is 0 Å². The lowest BCUT2D eigenvalue weighted by Crippen LogP contribution is -1.97. The summed E-state index contributed by atoms with van der Waals surface area (Å²) in [6, 6.07) is 0. The highest BCUT2D eigenvalue weighted by molar-refractivity contribution is 9.09.